The summed E-state index contributed by atoms with van der Waals surface area (Å²) in [5.74, 6) is 1.20. The number of Topliss-reactive ketones (excluding diaryl/α,β-unsaturated/α-hetero) is 1. The molecule has 0 unspecified atom stereocenters. The van der Waals surface area contributed by atoms with Crippen LogP contribution in [0.4, 0.5) is 0 Å². The van der Waals surface area contributed by atoms with Crippen molar-refractivity contribution < 1.29 is 9.53 Å². The Morgan fingerprint density at radius 1 is 1.32 bits per heavy atom. The standard InChI is InChI=1S/C16H23NO2/c1-19-15-7-4-13(5-8-15)3-6-14(18)11-16(12-17)9-2-10-16/h4-5,7-8H,2-3,6,9-12,17H2,1H3. The number of hydrogen-bond donors (Lipinski definition) is 1. The first-order valence-corrected chi connectivity index (χ1v) is 7.02. The molecule has 0 aliphatic heterocycles. The van der Waals surface area contributed by atoms with Crippen molar-refractivity contribution in [1.29, 1.82) is 0 Å². The van der Waals surface area contributed by atoms with Gasteiger partial charge in [0.2, 0.25) is 0 Å². The highest BCUT2D eigenvalue weighted by Crippen LogP contribution is 2.43. The Labute approximate surface area is 115 Å². The molecule has 0 radical (unpaired) electrons. The fraction of sp³-hybridized carbons (Fsp3) is 0.562. The zero-order valence-electron chi connectivity index (χ0n) is 11.7. The normalized spacial score (nSPS) is 16.7. The van der Waals surface area contributed by atoms with Crippen LogP contribution in [-0.2, 0) is 11.2 Å². The number of benzene rings is 1. The van der Waals surface area contributed by atoms with Gasteiger partial charge in [-0.1, -0.05) is 18.6 Å². The van der Waals surface area contributed by atoms with Crippen LogP contribution in [0.2, 0.25) is 0 Å². The lowest BCUT2D eigenvalue weighted by molar-refractivity contribution is -0.122. The molecule has 0 spiro atoms. The molecule has 2 N–H and O–H groups in total. The highest BCUT2D eigenvalue weighted by atomic mass is 16.5. The average molecular weight is 261 g/mol. The predicted molar refractivity (Wildman–Crippen MR) is 76.3 cm³/mol. The zero-order chi connectivity index (χ0) is 13.7. The number of aryl methyl sites for hydroxylation is 1. The van der Waals surface area contributed by atoms with Crippen LogP contribution >= 0.6 is 0 Å². The van der Waals surface area contributed by atoms with Crippen LogP contribution in [0.5, 0.6) is 5.75 Å². The maximum atomic E-state index is 12.0. The van der Waals surface area contributed by atoms with Crippen molar-refractivity contribution in [3.63, 3.8) is 0 Å². The molecule has 1 aromatic carbocycles. The molecule has 3 heteroatoms. The average Bonchev–Trinajstić information content (AvgIpc) is 2.41. The summed E-state index contributed by atoms with van der Waals surface area (Å²) in [6.07, 6.45) is 5.57. The third kappa shape index (κ3) is 3.57. The van der Waals surface area contributed by atoms with E-state index in [0.29, 0.717) is 25.2 Å². The van der Waals surface area contributed by atoms with Crippen molar-refractivity contribution in [1.82, 2.24) is 0 Å². The summed E-state index contributed by atoms with van der Waals surface area (Å²) in [4.78, 5) is 12.0. The van der Waals surface area contributed by atoms with Gasteiger partial charge in [0.15, 0.2) is 0 Å². The molecule has 1 aliphatic rings. The highest BCUT2D eigenvalue weighted by Gasteiger charge is 2.37. The third-order valence-electron chi connectivity index (χ3n) is 4.27. The number of nitrogens with two attached hydrogens (primary N) is 1. The number of ether oxygens (including phenoxy) is 1. The molecule has 2 rings (SSSR count). The quantitative estimate of drug-likeness (QED) is 0.821. The molecule has 0 heterocycles. The number of rotatable bonds is 7. The minimum absolute atomic E-state index is 0.136. The Hall–Kier alpha value is -1.35. The van der Waals surface area contributed by atoms with Crippen LogP contribution in [0.25, 0.3) is 0 Å². The SMILES string of the molecule is COc1ccc(CCC(=O)CC2(CN)CCC2)cc1. The van der Waals surface area contributed by atoms with Gasteiger partial charge in [0.25, 0.3) is 0 Å². The molecule has 19 heavy (non-hydrogen) atoms. The Morgan fingerprint density at radius 3 is 2.47 bits per heavy atom. The second kappa shape index (κ2) is 6.20. The molecule has 104 valence electrons. The molecule has 1 fully saturated rings. The van der Waals surface area contributed by atoms with Gasteiger partial charge in [0, 0.05) is 12.8 Å². The van der Waals surface area contributed by atoms with Crippen LogP contribution in [0.15, 0.2) is 24.3 Å². The maximum absolute atomic E-state index is 12.0. The molecule has 0 bridgehead atoms. The summed E-state index contributed by atoms with van der Waals surface area (Å²) in [5, 5.41) is 0. The molecular formula is C16H23NO2. The molecule has 0 saturated heterocycles. The number of carbonyl (C=O) groups is 1. The van der Waals surface area contributed by atoms with Gasteiger partial charge in [-0.05, 0) is 48.9 Å². The Balaban J connectivity index is 1.79. The molecular weight excluding hydrogens is 238 g/mol. The predicted octanol–water partition coefficient (Wildman–Crippen LogP) is 2.72. The van der Waals surface area contributed by atoms with Crippen LogP contribution in [0, 0.1) is 5.41 Å². The first-order valence-electron chi connectivity index (χ1n) is 7.02. The lowest BCUT2D eigenvalue weighted by atomic mass is 9.65. The summed E-state index contributed by atoms with van der Waals surface area (Å²) in [5.41, 5.74) is 7.11. The zero-order valence-corrected chi connectivity index (χ0v) is 11.7. The molecule has 1 aromatic rings. The second-order valence-electron chi connectivity index (χ2n) is 5.62. The molecule has 3 nitrogen and oxygen atoms in total. The minimum Gasteiger partial charge on any atom is -0.497 e. The smallest absolute Gasteiger partial charge is 0.133 e. The maximum Gasteiger partial charge on any atom is 0.133 e. The van der Waals surface area contributed by atoms with Gasteiger partial charge in [0.1, 0.15) is 11.5 Å². The number of carbonyl (C=O) groups excluding carboxylic acids is 1. The van der Waals surface area contributed by atoms with Gasteiger partial charge < -0.3 is 10.5 Å². The number of hydrogen-bond acceptors (Lipinski definition) is 3. The molecule has 0 aromatic heterocycles. The van der Waals surface area contributed by atoms with E-state index in [1.807, 2.05) is 24.3 Å². The van der Waals surface area contributed by atoms with Crippen molar-refractivity contribution in [2.75, 3.05) is 13.7 Å². The second-order valence-corrected chi connectivity index (χ2v) is 5.62. The van der Waals surface area contributed by atoms with Gasteiger partial charge in [-0.3, -0.25) is 4.79 Å². The molecule has 1 saturated carbocycles. The number of ketones is 1. The first kappa shape index (κ1) is 14.1. The minimum atomic E-state index is 0.136. The van der Waals surface area contributed by atoms with E-state index >= 15 is 0 Å². The highest BCUT2D eigenvalue weighted by molar-refractivity contribution is 5.79. The van der Waals surface area contributed by atoms with E-state index in [1.54, 1.807) is 7.11 Å². The van der Waals surface area contributed by atoms with E-state index < -0.39 is 0 Å². The van der Waals surface area contributed by atoms with Crippen molar-refractivity contribution >= 4 is 5.78 Å². The lowest BCUT2D eigenvalue weighted by Gasteiger charge is -2.40. The fourth-order valence-corrected chi connectivity index (χ4v) is 2.71. The van der Waals surface area contributed by atoms with E-state index in [0.717, 1.165) is 25.0 Å². The van der Waals surface area contributed by atoms with Gasteiger partial charge >= 0.3 is 0 Å². The summed E-state index contributed by atoms with van der Waals surface area (Å²) in [7, 11) is 1.66. The van der Waals surface area contributed by atoms with Gasteiger partial charge in [-0.25, -0.2) is 0 Å². The Morgan fingerprint density at radius 2 is 2.00 bits per heavy atom. The number of methoxy groups -OCH3 is 1. The largest absolute Gasteiger partial charge is 0.497 e. The van der Waals surface area contributed by atoms with Gasteiger partial charge in [0.05, 0.1) is 7.11 Å². The Bertz CT molecular complexity index is 415. The molecule has 0 amide bonds. The van der Waals surface area contributed by atoms with E-state index in [1.165, 1.54) is 12.0 Å². The lowest BCUT2D eigenvalue weighted by Crippen LogP contribution is -2.39. The van der Waals surface area contributed by atoms with E-state index in [-0.39, 0.29) is 5.41 Å². The van der Waals surface area contributed by atoms with E-state index in [9.17, 15) is 4.79 Å². The van der Waals surface area contributed by atoms with Crippen molar-refractivity contribution in [2.45, 2.75) is 38.5 Å². The summed E-state index contributed by atoms with van der Waals surface area (Å²) < 4.78 is 5.12. The van der Waals surface area contributed by atoms with Crippen LogP contribution in [0.1, 0.15) is 37.7 Å². The van der Waals surface area contributed by atoms with Crippen molar-refractivity contribution in [2.24, 2.45) is 11.1 Å². The van der Waals surface area contributed by atoms with E-state index in [2.05, 4.69) is 0 Å². The van der Waals surface area contributed by atoms with Gasteiger partial charge in [-0.15, -0.1) is 0 Å². The molecule has 0 atom stereocenters. The first-order chi connectivity index (χ1) is 9.17. The third-order valence-corrected chi connectivity index (χ3v) is 4.27. The van der Waals surface area contributed by atoms with Crippen molar-refractivity contribution in [3.05, 3.63) is 29.8 Å². The fourth-order valence-electron chi connectivity index (χ4n) is 2.71. The van der Waals surface area contributed by atoms with Crippen LogP contribution in [-0.4, -0.2) is 19.4 Å². The molecule has 1 aliphatic carbocycles. The topological polar surface area (TPSA) is 52.3 Å². The summed E-state index contributed by atoms with van der Waals surface area (Å²) in [6.45, 7) is 0.654. The van der Waals surface area contributed by atoms with E-state index in [4.69, 9.17) is 10.5 Å². The van der Waals surface area contributed by atoms with Crippen LogP contribution in [0.3, 0.4) is 0 Å². The monoisotopic (exact) mass is 261 g/mol. The Kier molecular flexibility index (Phi) is 4.59. The van der Waals surface area contributed by atoms with Crippen LogP contribution < -0.4 is 10.5 Å². The summed E-state index contributed by atoms with van der Waals surface area (Å²) >= 11 is 0. The van der Waals surface area contributed by atoms with Crippen molar-refractivity contribution in [3.8, 4) is 5.75 Å². The van der Waals surface area contributed by atoms with Gasteiger partial charge in [-0.2, -0.15) is 0 Å². The summed E-state index contributed by atoms with van der Waals surface area (Å²) in [6, 6.07) is 7.92.